The van der Waals surface area contributed by atoms with E-state index in [2.05, 4.69) is 21.3 Å². The molecule has 34 heavy (non-hydrogen) atoms. The largest absolute Gasteiger partial charge is 0.396 e. The van der Waals surface area contributed by atoms with Gasteiger partial charge in [-0.1, -0.05) is 6.07 Å². The highest BCUT2D eigenvalue weighted by molar-refractivity contribution is 7.29. The fraction of sp³-hybridized carbons (Fsp3) is 0.522. The lowest BCUT2D eigenvalue weighted by molar-refractivity contribution is -0.157. The van der Waals surface area contributed by atoms with E-state index in [9.17, 15) is 4.79 Å². The summed E-state index contributed by atoms with van der Waals surface area (Å²) in [5.74, 6) is 0.0405. The van der Waals surface area contributed by atoms with Gasteiger partial charge in [-0.2, -0.15) is 0 Å². The van der Waals surface area contributed by atoms with Gasteiger partial charge in [-0.3, -0.25) is 4.79 Å². The number of aryl methyl sites for hydroxylation is 2. The van der Waals surface area contributed by atoms with Gasteiger partial charge in [0, 0.05) is 18.3 Å². The van der Waals surface area contributed by atoms with Crippen molar-refractivity contribution >= 4 is 49.6 Å². The molecular formula is C23H28N6O3S2. The van der Waals surface area contributed by atoms with E-state index in [0.717, 1.165) is 50.9 Å². The molecule has 5 N–H and O–H groups in total. The number of thiazole rings is 1. The van der Waals surface area contributed by atoms with Crippen molar-refractivity contribution in [1.29, 1.82) is 0 Å². The molecule has 3 aromatic rings. The van der Waals surface area contributed by atoms with Gasteiger partial charge in [0.2, 0.25) is 5.79 Å². The topological polar surface area (TPSA) is 129 Å². The number of thiophene rings is 1. The van der Waals surface area contributed by atoms with E-state index in [0.29, 0.717) is 30.3 Å². The first kappa shape index (κ1) is 22.2. The Kier molecular flexibility index (Phi) is 5.30. The predicted molar refractivity (Wildman–Crippen MR) is 134 cm³/mol. The number of rotatable bonds is 3. The van der Waals surface area contributed by atoms with Crippen LogP contribution < -0.4 is 21.7 Å². The monoisotopic (exact) mass is 500 g/mol. The van der Waals surface area contributed by atoms with Gasteiger partial charge in [-0.25, -0.2) is 9.97 Å². The Balaban J connectivity index is 1.14. The molecule has 1 amide bonds. The van der Waals surface area contributed by atoms with Gasteiger partial charge in [-0.15, -0.1) is 22.7 Å². The number of fused-ring (bicyclic) bond motifs is 2. The Labute approximate surface area is 205 Å². The Hall–Kier alpha value is -2.31. The molecule has 4 atom stereocenters. The predicted octanol–water partition coefficient (Wildman–Crippen LogP) is 2.21. The lowest BCUT2D eigenvalue weighted by Gasteiger charge is -2.27. The van der Waals surface area contributed by atoms with E-state index in [4.69, 9.17) is 25.9 Å². The molecule has 0 bridgehead atoms. The molecule has 4 unspecified atom stereocenters. The first-order valence-electron chi connectivity index (χ1n) is 11.6. The molecule has 11 heteroatoms. The Morgan fingerprint density at radius 3 is 2.94 bits per heavy atom. The summed E-state index contributed by atoms with van der Waals surface area (Å²) in [6.45, 7) is 5.74. The molecule has 3 aliphatic rings. The van der Waals surface area contributed by atoms with E-state index in [1.807, 2.05) is 19.9 Å². The quantitative estimate of drug-likeness (QED) is 0.499. The minimum atomic E-state index is -0.737. The van der Waals surface area contributed by atoms with Crippen LogP contribution in [0.3, 0.4) is 0 Å². The number of aromatic nitrogens is 2. The fourth-order valence-electron chi connectivity index (χ4n) is 5.16. The van der Waals surface area contributed by atoms with Crippen LogP contribution in [-0.2, 0) is 22.3 Å². The molecule has 2 fully saturated rings. The van der Waals surface area contributed by atoms with Crippen molar-refractivity contribution in [3.63, 3.8) is 0 Å². The van der Waals surface area contributed by atoms with Gasteiger partial charge in [0.05, 0.1) is 40.7 Å². The number of amides is 1. The summed E-state index contributed by atoms with van der Waals surface area (Å²) in [7, 11) is 0. The van der Waals surface area contributed by atoms with Crippen molar-refractivity contribution in [1.82, 2.24) is 15.3 Å². The maximum absolute atomic E-state index is 12.9. The number of nitrogens with two attached hydrogens (primary N) is 2. The molecule has 3 aromatic heterocycles. The number of ether oxygens (including phenoxy) is 2. The summed E-state index contributed by atoms with van der Waals surface area (Å²) in [5.41, 5.74) is 15.4. The van der Waals surface area contributed by atoms with Crippen molar-refractivity contribution in [3.8, 4) is 0 Å². The maximum Gasteiger partial charge on any atom is 0.263 e. The van der Waals surface area contributed by atoms with Gasteiger partial charge in [-0.05, 0) is 44.7 Å². The second-order valence-corrected chi connectivity index (χ2v) is 11.6. The molecule has 2 aliphatic heterocycles. The minimum Gasteiger partial charge on any atom is -0.396 e. The van der Waals surface area contributed by atoms with Gasteiger partial charge in [0.15, 0.2) is 0 Å². The highest BCUT2D eigenvalue weighted by Gasteiger charge is 2.52. The van der Waals surface area contributed by atoms with Crippen LogP contribution in [0.5, 0.6) is 0 Å². The lowest BCUT2D eigenvalue weighted by atomic mass is 9.91. The van der Waals surface area contributed by atoms with E-state index in [1.165, 1.54) is 22.7 Å². The number of hydrogen-bond acceptors (Lipinski definition) is 10. The molecule has 1 spiro atoms. The molecule has 9 nitrogen and oxygen atoms in total. The summed E-state index contributed by atoms with van der Waals surface area (Å²) in [5, 5.41) is 4.13. The van der Waals surface area contributed by atoms with Crippen LogP contribution in [0, 0.1) is 6.92 Å². The van der Waals surface area contributed by atoms with E-state index in [1.54, 1.807) is 0 Å². The minimum absolute atomic E-state index is 0.0483. The molecule has 0 radical (unpaired) electrons. The fourth-order valence-corrected chi connectivity index (χ4v) is 7.26. The van der Waals surface area contributed by atoms with Crippen LogP contribution >= 0.6 is 22.7 Å². The summed E-state index contributed by atoms with van der Waals surface area (Å²) in [4.78, 5) is 25.9. The molecule has 1 aliphatic carbocycles. The number of nitrogens with one attached hydrogen (secondary N) is 1. The molecule has 0 aromatic carbocycles. The van der Waals surface area contributed by atoms with Crippen LogP contribution in [0.2, 0.25) is 0 Å². The summed E-state index contributed by atoms with van der Waals surface area (Å²) in [6, 6.07) is 3.99. The zero-order valence-electron chi connectivity index (χ0n) is 19.2. The van der Waals surface area contributed by atoms with Crippen LogP contribution in [0.1, 0.15) is 39.3 Å². The van der Waals surface area contributed by atoms with Gasteiger partial charge >= 0.3 is 0 Å². The Bertz CT molecular complexity index is 1280. The number of nitrogens with zero attached hydrogens (tertiary/aromatic N) is 3. The third-order valence-corrected chi connectivity index (χ3v) is 9.09. The Morgan fingerprint density at radius 1 is 1.32 bits per heavy atom. The molecular weight excluding hydrogens is 472 g/mol. The van der Waals surface area contributed by atoms with E-state index in [-0.39, 0.29) is 24.1 Å². The summed E-state index contributed by atoms with van der Waals surface area (Å²) >= 11 is 2.90. The summed E-state index contributed by atoms with van der Waals surface area (Å²) in [6.07, 6.45) is 2.44. The molecule has 180 valence electrons. The number of hydrogen-bond donors (Lipinski definition) is 3. The summed E-state index contributed by atoms with van der Waals surface area (Å²) < 4.78 is 12.9. The third-order valence-electron chi connectivity index (χ3n) is 6.86. The lowest BCUT2D eigenvalue weighted by Crippen LogP contribution is -2.48. The number of carbonyl (C=O) groups is 1. The zero-order valence-corrected chi connectivity index (χ0v) is 20.8. The average molecular weight is 501 g/mol. The van der Waals surface area contributed by atoms with E-state index >= 15 is 0 Å². The third kappa shape index (κ3) is 3.66. The van der Waals surface area contributed by atoms with E-state index < -0.39 is 5.79 Å². The smallest absolute Gasteiger partial charge is 0.263 e. The maximum atomic E-state index is 12.9. The molecule has 6 rings (SSSR count). The molecule has 0 saturated carbocycles. The average Bonchev–Trinajstić information content (AvgIpc) is 3.53. The first-order valence-corrected chi connectivity index (χ1v) is 13.2. The Morgan fingerprint density at radius 2 is 2.18 bits per heavy atom. The van der Waals surface area contributed by atoms with Crippen molar-refractivity contribution in [2.45, 2.75) is 57.1 Å². The highest BCUT2D eigenvalue weighted by atomic mass is 32.1. The highest BCUT2D eigenvalue weighted by Crippen LogP contribution is 2.38. The normalized spacial score (nSPS) is 28.7. The SMILES string of the molecule is Cc1nc2sc(C(=O)NC3CCc4nc(N5CC(N)C6(C5)OCC(C)O6)ccc4C3)c(N)c2s1. The van der Waals surface area contributed by atoms with Crippen molar-refractivity contribution in [2.24, 2.45) is 5.73 Å². The second kappa shape index (κ2) is 8.13. The molecule has 2 saturated heterocycles. The van der Waals surface area contributed by atoms with Crippen molar-refractivity contribution in [3.05, 3.63) is 33.3 Å². The number of nitrogen functional groups attached to an aromatic ring is 1. The number of carbonyl (C=O) groups excluding carboxylic acids is 1. The van der Waals surface area contributed by atoms with Crippen LogP contribution in [0.25, 0.3) is 9.53 Å². The van der Waals surface area contributed by atoms with Gasteiger partial charge < -0.3 is 31.2 Å². The van der Waals surface area contributed by atoms with Crippen molar-refractivity contribution < 1.29 is 14.3 Å². The van der Waals surface area contributed by atoms with Crippen LogP contribution in [0.4, 0.5) is 11.5 Å². The van der Waals surface area contributed by atoms with Gasteiger partial charge in [0.25, 0.3) is 5.91 Å². The van der Waals surface area contributed by atoms with Crippen LogP contribution in [-0.4, -0.2) is 59.5 Å². The molecule has 5 heterocycles. The van der Waals surface area contributed by atoms with Crippen LogP contribution in [0.15, 0.2) is 12.1 Å². The zero-order chi connectivity index (χ0) is 23.6. The standard InChI is InChI=1S/C23H28N6O3S2/c1-11-9-31-23(32-11)10-29(8-16(23)24)17-6-3-13-7-14(4-5-15(13)28-17)27-21(30)19-18(25)20-22(34-19)26-12(2)33-20/h3,6,11,14,16H,4-5,7-10,24-25H2,1-2H3,(H,27,30). The first-order chi connectivity index (χ1) is 16.3. The second-order valence-electron chi connectivity index (χ2n) is 9.44. The van der Waals surface area contributed by atoms with Gasteiger partial charge in [0.1, 0.15) is 15.5 Å². The number of anilines is 2. The van der Waals surface area contributed by atoms with Crippen molar-refractivity contribution in [2.75, 3.05) is 30.3 Å². The number of pyridine rings is 1.